The van der Waals surface area contributed by atoms with Gasteiger partial charge < -0.3 is 10.6 Å². The Labute approximate surface area is 117 Å². The molecule has 0 aromatic heterocycles. The Balaban J connectivity index is 4.91. The van der Waals surface area contributed by atoms with E-state index in [1.54, 1.807) is 7.05 Å². The zero-order chi connectivity index (χ0) is 15.2. The maximum atomic E-state index is 12.4. The van der Waals surface area contributed by atoms with Crippen molar-refractivity contribution in [2.24, 2.45) is 11.8 Å². The first-order chi connectivity index (χ1) is 8.76. The number of hydrogen-bond donors (Lipinski definition) is 2. The molecule has 2 N–H and O–H groups in total. The van der Waals surface area contributed by atoms with Crippen molar-refractivity contribution < 1.29 is 9.59 Å². The van der Waals surface area contributed by atoms with Gasteiger partial charge in [-0.25, -0.2) is 0 Å². The van der Waals surface area contributed by atoms with Crippen LogP contribution in [0.15, 0.2) is 0 Å². The molecule has 19 heavy (non-hydrogen) atoms. The van der Waals surface area contributed by atoms with Gasteiger partial charge in [0.25, 0.3) is 0 Å². The van der Waals surface area contributed by atoms with Gasteiger partial charge >= 0.3 is 0 Å². The summed E-state index contributed by atoms with van der Waals surface area (Å²) in [5.41, 5.74) is 0. The van der Waals surface area contributed by atoms with Crippen molar-refractivity contribution >= 4 is 11.8 Å². The summed E-state index contributed by atoms with van der Waals surface area (Å²) in [7, 11) is 3.51. The van der Waals surface area contributed by atoms with Crippen LogP contribution in [0.2, 0.25) is 0 Å². The lowest BCUT2D eigenvalue weighted by molar-refractivity contribution is -0.133. The summed E-state index contributed by atoms with van der Waals surface area (Å²) in [5.74, 6) is 0.0257. The van der Waals surface area contributed by atoms with Crippen LogP contribution < -0.4 is 10.6 Å². The second-order valence-corrected chi connectivity index (χ2v) is 5.61. The van der Waals surface area contributed by atoms with Crippen LogP contribution in [0, 0.1) is 11.8 Å². The predicted molar refractivity (Wildman–Crippen MR) is 77.8 cm³/mol. The minimum atomic E-state index is -0.482. The van der Waals surface area contributed by atoms with Crippen molar-refractivity contribution in [1.82, 2.24) is 15.5 Å². The van der Waals surface area contributed by atoms with Gasteiger partial charge in [-0.1, -0.05) is 34.6 Å². The number of likely N-dealkylation sites (N-methyl/N-ethyl adjacent to an activating group) is 2. The molecule has 0 aromatic rings. The van der Waals surface area contributed by atoms with Crippen LogP contribution in [-0.4, -0.2) is 49.4 Å². The molecule has 2 amide bonds. The molecule has 0 unspecified atom stereocenters. The van der Waals surface area contributed by atoms with Crippen molar-refractivity contribution in [3.05, 3.63) is 0 Å². The summed E-state index contributed by atoms with van der Waals surface area (Å²) in [4.78, 5) is 26.2. The monoisotopic (exact) mass is 271 g/mol. The highest BCUT2D eigenvalue weighted by Gasteiger charge is 2.30. The van der Waals surface area contributed by atoms with Crippen LogP contribution >= 0.6 is 0 Å². The highest BCUT2D eigenvalue weighted by molar-refractivity contribution is 5.89. The number of amides is 2. The van der Waals surface area contributed by atoms with Gasteiger partial charge in [0.05, 0.1) is 6.04 Å². The van der Waals surface area contributed by atoms with E-state index in [-0.39, 0.29) is 29.7 Å². The maximum Gasteiger partial charge on any atom is 0.242 e. The molecule has 5 nitrogen and oxygen atoms in total. The second-order valence-electron chi connectivity index (χ2n) is 5.61. The zero-order valence-corrected chi connectivity index (χ0v) is 13.3. The summed E-state index contributed by atoms with van der Waals surface area (Å²) in [6.45, 7) is 10.7. The molecule has 0 spiro atoms. The van der Waals surface area contributed by atoms with Gasteiger partial charge in [0.1, 0.15) is 6.04 Å². The average molecular weight is 271 g/mol. The van der Waals surface area contributed by atoms with Crippen molar-refractivity contribution in [2.75, 3.05) is 20.6 Å². The van der Waals surface area contributed by atoms with Crippen LogP contribution in [0.4, 0.5) is 0 Å². The van der Waals surface area contributed by atoms with Gasteiger partial charge in [-0.15, -0.1) is 0 Å². The maximum absolute atomic E-state index is 12.4. The van der Waals surface area contributed by atoms with Crippen LogP contribution in [0.25, 0.3) is 0 Å². The van der Waals surface area contributed by atoms with Crippen molar-refractivity contribution in [1.29, 1.82) is 0 Å². The van der Waals surface area contributed by atoms with Crippen molar-refractivity contribution in [3.63, 3.8) is 0 Å². The number of nitrogens with zero attached hydrogens (tertiary/aromatic N) is 1. The summed E-state index contributed by atoms with van der Waals surface area (Å²) in [6, 6.07) is -0.695. The lowest BCUT2D eigenvalue weighted by atomic mass is 9.99. The third kappa shape index (κ3) is 5.19. The van der Waals surface area contributed by atoms with E-state index in [9.17, 15) is 9.59 Å². The summed E-state index contributed by atoms with van der Waals surface area (Å²) < 4.78 is 0. The molecule has 0 fully saturated rings. The molecule has 0 aliphatic carbocycles. The van der Waals surface area contributed by atoms with Crippen molar-refractivity contribution in [2.45, 2.75) is 46.7 Å². The first kappa shape index (κ1) is 17.9. The second kappa shape index (κ2) is 8.15. The smallest absolute Gasteiger partial charge is 0.242 e. The number of rotatable bonds is 7. The fourth-order valence-corrected chi connectivity index (χ4v) is 2.14. The molecule has 5 heteroatoms. The predicted octanol–water partition coefficient (Wildman–Crippen LogP) is 0.850. The van der Waals surface area contributed by atoms with Gasteiger partial charge in [-0.05, 0) is 25.4 Å². The Morgan fingerprint density at radius 3 is 1.89 bits per heavy atom. The highest BCUT2D eigenvalue weighted by Crippen LogP contribution is 2.11. The van der Waals surface area contributed by atoms with Gasteiger partial charge in [0, 0.05) is 7.05 Å². The molecule has 2 atom stereocenters. The van der Waals surface area contributed by atoms with Crippen LogP contribution in [0.3, 0.4) is 0 Å². The number of carbonyl (C=O) groups is 2. The van der Waals surface area contributed by atoms with Crippen LogP contribution in [0.1, 0.15) is 34.6 Å². The van der Waals surface area contributed by atoms with Gasteiger partial charge in [-0.2, -0.15) is 0 Å². The molecule has 112 valence electrons. The molecule has 0 rings (SSSR count). The molecule has 0 bridgehead atoms. The van der Waals surface area contributed by atoms with E-state index in [0.717, 1.165) is 6.54 Å². The molecular weight excluding hydrogens is 242 g/mol. The molecule has 0 saturated carbocycles. The number of hydrogen-bond acceptors (Lipinski definition) is 3. The third-order valence-corrected chi connectivity index (χ3v) is 3.37. The first-order valence-corrected chi connectivity index (χ1v) is 6.98. The molecular formula is C14H29N3O2. The van der Waals surface area contributed by atoms with Gasteiger partial charge in [-0.3, -0.25) is 14.5 Å². The molecule has 0 heterocycles. The highest BCUT2D eigenvalue weighted by atomic mass is 16.2. The first-order valence-electron chi connectivity index (χ1n) is 6.98. The third-order valence-electron chi connectivity index (χ3n) is 3.37. The summed E-state index contributed by atoms with van der Waals surface area (Å²) >= 11 is 0. The Morgan fingerprint density at radius 2 is 1.58 bits per heavy atom. The average Bonchev–Trinajstić information content (AvgIpc) is 2.34. The van der Waals surface area contributed by atoms with Gasteiger partial charge in [0.2, 0.25) is 11.8 Å². The van der Waals surface area contributed by atoms with E-state index >= 15 is 0 Å². The largest absolute Gasteiger partial charge is 0.357 e. The number of carbonyl (C=O) groups excluding carboxylic acids is 2. The lowest BCUT2D eigenvalue weighted by Crippen LogP contribution is -2.55. The summed E-state index contributed by atoms with van der Waals surface area (Å²) in [5, 5.41) is 5.47. The minimum absolute atomic E-state index is 0.0589. The van der Waals surface area contributed by atoms with E-state index in [1.807, 2.05) is 46.6 Å². The van der Waals surface area contributed by atoms with Crippen LogP contribution in [0.5, 0.6) is 0 Å². The topological polar surface area (TPSA) is 61.4 Å². The number of nitrogens with one attached hydrogen (secondary N) is 2. The lowest BCUT2D eigenvalue weighted by Gasteiger charge is -2.31. The zero-order valence-electron chi connectivity index (χ0n) is 13.3. The standard InChI is InChI=1S/C14H29N3O2/c1-8-17(7)12(10(4)5)14(19)16-11(9(2)3)13(18)15-6/h9-12H,8H2,1-7H3,(H,15,18)(H,16,19)/t11-,12-/m0/s1. The van der Waals surface area contributed by atoms with E-state index in [1.165, 1.54) is 0 Å². The summed E-state index contributed by atoms with van der Waals surface area (Å²) in [6.07, 6.45) is 0. The fraction of sp³-hybridized carbons (Fsp3) is 0.857. The molecule has 0 aromatic carbocycles. The Kier molecular flexibility index (Phi) is 7.68. The fourth-order valence-electron chi connectivity index (χ4n) is 2.14. The molecule has 0 aliphatic rings. The Bertz CT molecular complexity index is 303. The molecule has 0 aliphatic heterocycles. The Hall–Kier alpha value is -1.10. The van der Waals surface area contributed by atoms with E-state index in [2.05, 4.69) is 10.6 Å². The normalized spacial score (nSPS) is 14.6. The van der Waals surface area contributed by atoms with E-state index < -0.39 is 6.04 Å². The van der Waals surface area contributed by atoms with E-state index in [0.29, 0.717) is 0 Å². The quantitative estimate of drug-likeness (QED) is 0.721. The van der Waals surface area contributed by atoms with Gasteiger partial charge in [0.15, 0.2) is 0 Å². The minimum Gasteiger partial charge on any atom is -0.357 e. The SMILES string of the molecule is CCN(C)[C@H](C(=O)N[C@H](C(=O)NC)C(C)C)C(C)C. The molecule has 0 saturated heterocycles. The van der Waals surface area contributed by atoms with Crippen LogP contribution in [-0.2, 0) is 9.59 Å². The molecule has 0 radical (unpaired) electrons. The van der Waals surface area contributed by atoms with Crippen molar-refractivity contribution in [3.8, 4) is 0 Å². The Morgan fingerprint density at radius 1 is 1.05 bits per heavy atom. The van der Waals surface area contributed by atoms with E-state index in [4.69, 9.17) is 0 Å².